The SMILES string of the molecule is COC(=O)c1ccc(Cl)cc1NS(=O)(=O)c1ccc2c(c1)OCCCO2. The van der Waals surface area contributed by atoms with E-state index in [2.05, 4.69) is 9.46 Å². The number of hydrogen-bond acceptors (Lipinski definition) is 6. The summed E-state index contributed by atoms with van der Waals surface area (Å²) >= 11 is 5.93. The Kier molecular flexibility index (Phi) is 5.24. The number of anilines is 1. The fourth-order valence-corrected chi connectivity index (χ4v) is 3.66. The van der Waals surface area contributed by atoms with E-state index in [0.717, 1.165) is 0 Å². The van der Waals surface area contributed by atoms with Crippen LogP contribution in [0.25, 0.3) is 0 Å². The number of nitrogens with one attached hydrogen (secondary N) is 1. The number of sulfonamides is 1. The van der Waals surface area contributed by atoms with Crippen LogP contribution in [0.5, 0.6) is 11.5 Å². The summed E-state index contributed by atoms with van der Waals surface area (Å²) in [5.41, 5.74) is 0.0753. The number of rotatable bonds is 4. The van der Waals surface area contributed by atoms with Crippen molar-refractivity contribution >= 4 is 33.3 Å². The molecule has 0 spiro atoms. The average molecular weight is 398 g/mol. The van der Waals surface area contributed by atoms with Crippen LogP contribution in [0.1, 0.15) is 16.8 Å². The first-order chi connectivity index (χ1) is 12.4. The van der Waals surface area contributed by atoms with Crippen LogP contribution < -0.4 is 14.2 Å². The van der Waals surface area contributed by atoms with Gasteiger partial charge in [0.1, 0.15) is 0 Å². The van der Waals surface area contributed by atoms with Crippen LogP contribution in [-0.2, 0) is 14.8 Å². The highest BCUT2D eigenvalue weighted by molar-refractivity contribution is 7.92. The lowest BCUT2D eigenvalue weighted by Crippen LogP contribution is -2.16. The summed E-state index contributed by atoms with van der Waals surface area (Å²) in [5, 5.41) is 0.272. The quantitative estimate of drug-likeness (QED) is 0.797. The first-order valence-corrected chi connectivity index (χ1v) is 9.57. The van der Waals surface area contributed by atoms with E-state index in [9.17, 15) is 13.2 Å². The summed E-state index contributed by atoms with van der Waals surface area (Å²) in [7, 11) is -2.78. The maximum atomic E-state index is 12.7. The van der Waals surface area contributed by atoms with Gasteiger partial charge in [-0.15, -0.1) is 0 Å². The maximum Gasteiger partial charge on any atom is 0.339 e. The van der Waals surface area contributed by atoms with Crippen LogP contribution in [-0.4, -0.2) is 34.7 Å². The number of hydrogen-bond donors (Lipinski definition) is 1. The second kappa shape index (κ2) is 7.43. The largest absolute Gasteiger partial charge is 0.490 e. The molecule has 1 heterocycles. The van der Waals surface area contributed by atoms with Crippen molar-refractivity contribution in [2.24, 2.45) is 0 Å². The summed E-state index contributed by atoms with van der Waals surface area (Å²) in [5.74, 6) is 0.155. The third-order valence-electron chi connectivity index (χ3n) is 3.66. The highest BCUT2D eigenvalue weighted by atomic mass is 35.5. The van der Waals surface area contributed by atoms with E-state index >= 15 is 0 Å². The molecule has 0 aliphatic carbocycles. The van der Waals surface area contributed by atoms with Crippen molar-refractivity contribution in [1.29, 1.82) is 0 Å². The van der Waals surface area contributed by atoms with E-state index < -0.39 is 16.0 Å². The van der Waals surface area contributed by atoms with Gasteiger partial charge >= 0.3 is 5.97 Å². The number of carbonyl (C=O) groups excluding carboxylic acids is 1. The van der Waals surface area contributed by atoms with E-state index in [1.807, 2.05) is 0 Å². The summed E-state index contributed by atoms with van der Waals surface area (Å²) in [6, 6.07) is 8.52. The van der Waals surface area contributed by atoms with E-state index in [1.54, 1.807) is 0 Å². The van der Waals surface area contributed by atoms with E-state index in [0.29, 0.717) is 31.1 Å². The molecular weight excluding hydrogens is 382 g/mol. The second-order valence-corrected chi connectivity index (χ2v) is 7.56. The number of carbonyl (C=O) groups is 1. The van der Waals surface area contributed by atoms with Gasteiger partial charge in [-0.05, 0) is 30.3 Å². The van der Waals surface area contributed by atoms with E-state index in [-0.39, 0.29) is 21.2 Å². The predicted molar refractivity (Wildman–Crippen MR) is 95.6 cm³/mol. The number of methoxy groups -OCH3 is 1. The van der Waals surface area contributed by atoms with Crippen molar-refractivity contribution in [3.63, 3.8) is 0 Å². The lowest BCUT2D eigenvalue weighted by atomic mass is 10.2. The zero-order chi connectivity index (χ0) is 18.7. The lowest BCUT2D eigenvalue weighted by molar-refractivity contribution is 0.0602. The van der Waals surface area contributed by atoms with Gasteiger partial charge in [0.25, 0.3) is 10.0 Å². The molecule has 2 aromatic carbocycles. The van der Waals surface area contributed by atoms with Crippen LogP contribution >= 0.6 is 11.6 Å². The van der Waals surface area contributed by atoms with Crippen molar-refractivity contribution in [3.05, 3.63) is 47.0 Å². The first kappa shape index (κ1) is 18.3. The topological polar surface area (TPSA) is 90.9 Å². The molecule has 1 aliphatic heterocycles. The molecule has 9 heteroatoms. The Bertz CT molecular complexity index is 944. The van der Waals surface area contributed by atoms with Gasteiger partial charge in [-0.2, -0.15) is 0 Å². The van der Waals surface area contributed by atoms with Crippen LogP contribution in [0.15, 0.2) is 41.3 Å². The number of esters is 1. The Morgan fingerprint density at radius 2 is 1.85 bits per heavy atom. The van der Waals surface area contributed by atoms with Crippen molar-refractivity contribution in [3.8, 4) is 11.5 Å². The molecular formula is C17H16ClNO6S. The average Bonchev–Trinajstić information content (AvgIpc) is 2.85. The Hall–Kier alpha value is -2.45. The van der Waals surface area contributed by atoms with Gasteiger partial charge in [0, 0.05) is 17.5 Å². The molecule has 0 aromatic heterocycles. The van der Waals surface area contributed by atoms with E-state index in [1.165, 1.54) is 43.5 Å². The van der Waals surface area contributed by atoms with Gasteiger partial charge in [0.05, 0.1) is 36.5 Å². The van der Waals surface area contributed by atoms with E-state index in [4.69, 9.17) is 21.1 Å². The molecule has 2 aromatic rings. The smallest absolute Gasteiger partial charge is 0.339 e. The first-order valence-electron chi connectivity index (χ1n) is 7.71. The number of ether oxygens (including phenoxy) is 3. The summed E-state index contributed by atoms with van der Waals surface area (Å²) in [4.78, 5) is 11.8. The second-order valence-electron chi connectivity index (χ2n) is 5.45. The minimum absolute atomic E-state index is 0.0245. The zero-order valence-electron chi connectivity index (χ0n) is 13.8. The molecule has 0 atom stereocenters. The van der Waals surface area contributed by atoms with Crippen molar-refractivity contribution < 1.29 is 27.4 Å². The van der Waals surface area contributed by atoms with Gasteiger partial charge in [-0.3, -0.25) is 4.72 Å². The van der Waals surface area contributed by atoms with Crippen LogP contribution in [0, 0.1) is 0 Å². The summed E-state index contributed by atoms with van der Waals surface area (Å²) in [6.07, 6.45) is 0.708. The molecule has 1 N–H and O–H groups in total. The molecule has 0 amide bonds. The molecule has 26 heavy (non-hydrogen) atoms. The molecule has 7 nitrogen and oxygen atoms in total. The molecule has 3 rings (SSSR count). The molecule has 0 radical (unpaired) electrons. The predicted octanol–water partition coefficient (Wildman–Crippen LogP) is 3.09. The fraction of sp³-hybridized carbons (Fsp3) is 0.235. The Balaban J connectivity index is 1.96. The van der Waals surface area contributed by atoms with Crippen molar-refractivity contribution in [2.45, 2.75) is 11.3 Å². The van der Waals surface area contributed by atoms with Crippen molar-refractivity contribution in [2.75, 3.05) is 25.0 Å². The molecule has 0 unspecified atom stereocenters. The molecule has 138 valence electrons. The van der Waals surface area contributed by atoms with Crippen molar-refractivity contribution in [1.82, 2.24) is 0 Å². The normalized spacial score (nSPS) is 13.6. The molecule has 1 aliphatic rings. The molecule has 0 bridgehead atoms. The Morgan fingerprint density at radius 1 is 1.12 bits per heavy atom. The number of fused-ring (bicyclic) bond motifs is 1. The van der Waals surface area contributed by atoms with Crippen LogP contribution in [0.2, 0.25) is 5.02 Å². The lowest BCUT2D eigenvalue weighted by Gasteiger charge is -2.13. The summed E-state index contributed by atoms with van der Waals surface area (Å²) < 4.78 is 43.6. The van der Waals surface area contributed by atoms with Crippen LogP contribution in [0.3, 0.4) is 0 Å². The molecule has 0 fully saturated rings. The Labute approximate surface area is 155 Å². The third kappa shape index (κ3) is 3.86. The fourth-order valence-electron chi connectivity index (χ4n) is 2.40. The third-order valence-corrected chi connectivity index (χ3v) is 5.26. The summed E-state index contributed by atoms with van der Waals surface area (Å²) in [6.45, 7) is 0.938. The molecule has 0 saturated heterocycles. The monoisotopic (exact) mass is 397 g/mol. The maximum absolute atomic E-state index is 12.7. The Morgan fingerprint density at radius 3 is 2.58 bits per heavy atom. The number of benzene rings is 2. The standard InChI is InChI=1S/C17H16ClNO6S/c1-23-17(20)13-5-3-11(18)9-14(13)19-26(21,22)12-4-6-15-16(10-12)25-8-2-7-24-15/h3-6,9-10,19H,2,7-8H2,1H3. The zero-order valence-corrected chi connectivity index (χ0v) is 15.4. The minimum Gasteiger partial charge on any atom is -0.490 e. The van der Waals surface area contributed by atoms with Crippen LogP contribution in [0.4, 0.5) is 5.69 Å². The van der Waals surface area contributed by atoms with Gasteiger partial charge in [0.2, 0.25) is 0 Å². The van der Waals surface area contributed by atoms with Gasteiger partial charge in [0.15, 0.2) is 11.5 Å². The highest BCUT2D eigenvalue weighted by Gasteiger charge is 2.22. The molecule has 0 saturated carbocycles. The van der Waals surface area contributed by atoms with Gasteiger partial charge in [-0.25, -0.2) is 13.2 Å². The minimum atomic E-state index is -3.99. The van der Waals surface area contributed by atoms with Gasteiger partial charge in [-0.1, -0.05) is 11.6 Å². The number of halogens is 1. The van der Waals surface area contributed by atoms with Gasteiger partial charge < -0.3 is 14.2 Å². The highest BCUT2D eigenvalue weighted by Crippen LogP contribution is 2.33.